The Morgan fingerprint density at radius 1 is 1.33 bits per heavy atom. The Morgan fingerprint density at radius 3 is 2.83 bits per heavy atom. The molecule has 2 amide bonds. The van der Waals surface area contributed by atoms with Crippen LogP contribution in [0.4, 0.5) is 5.13 Å². The molecular weight excluding hydrogens is 346 g/mol. The van der Waals surface area contributed by atoms with Crippen LogP contribution in [0.5, 0.6) is 0 Å². The van der Waals surface area contributed by atoms with Gasteiger partial charge >= 0.3 is 0 Å². The zero-order valence-electron chi connectivity index (χ0n) is 13.1. The molecule has 126 valence electrons. The summed E-state index contributed by atoms with van der Waals surface area (Å²) in [5.74, 6) is 0.0527. The maximum atomic E-state index is 12.0. The molecule has 24 heavy (non-hydrogen) atoms. The van der Waals surface area contributed by atoms with Gasteiger partial charge in [-0.1, -0.05) is 23.7 Å². The summed E-state index contributed by atoms with van der Waals surface area (Å²) in [6.07, 6.45) is 2.45. The topological polar surface area (TPSA) is 62.3 Å². The highest BCUT2D eigenvalue weighted by atomic mass is 35.5. The molecule has 2 aromatic rings. The zero-order valence-corrected chi connectivity index (χ0v) is 14.7. The molecule has 0 aliphatic carbocycles. The molecule has 0 unspecified atom stereocenters. The van der Waals surface area contributed by atoms with Crippen molar-refractivity contribution >= 4 is 39.9 Å². The summed E-state index contributed by atoms with van der Waals surface area (Å²) < 4.78 is 0. The first-order valence-corrected chi connectivity index (χ1v) is 9.13. The summed E-state index contributed by atoms with van der Waals surface area (Å²) in [5, 5.41) is 6.14. The maximum absolute atomic E-state index is 12.0. The fourth-order valence-electron chi connectivity index (χ4n) is 2.58. The Hall–Kier alpha value is -1.92. The van der Waals surface area contributed by atoms with E-state index >= 15 is 0 Å². The monoisotopic (exact) mass is 363 g/mol. The molecule has 3 rings (SSSR count). The average molecular weight is 364 g/mol. The number of halogens is 1. The van der Waals surface area contributed by atoms with E-state index in [4.69, 9.17) is 11.6 Å². The van der Waals surface area contributed by atoms with Crippen LogP contribution in [0.25, 0.3) is 0 Å². The molecule has 5 nitrogen and oxygen atoms in total. The van der Waals surface area contributed by atoms with Crippen molar-refractivity contribution in [2.24, 2.45) is 0 Å². The highest BCUT2D eigenvalue weighted by Gasteiger charge is 2.24. The number of carbonyl (C=O) groups excluding carboxylic acids is 2. The number of rotatable bonds is 6. The second kappa shape index (κ2) is 7.77. The van der Waals surface area contributed by atoms with Crippen LogP contribution in [0.3, 0.4) is 0 Å². The van der Waals surface area contributed by atoms with Gasteiger partial charge in [0, 0.05) is 29.9 Å². The number of thiazole rings is 1. The quantitative estimate of drug-likeness (QED) is 0.858. The fraction of sp³-hybridized carbons (Fsp3) is 0.353. The van der Waals surface area contributed by atoms with Crippen LogP contribution in [0.2, 0.25) is 5.02 Å². The lowest BCUT2D eigenvalue weighted by Gasteiger charge is -2.10. The largest absolute Gasteiger partial charge is 0.355 e. The first-order valence-electron chi connectivity index (χ1n) is 7.88. The van der Waals surface area contributed by atoms with Crippen LogP contribution in [0, 0.1) is 0 Å². The van der Waals surface area contributed by atoms with Crippen molar-refractivity contribution in [3.05, 3.63) is 45.9 Å². The standard InChI is InChI=1S/C17H18ClN3O2S/c18-13-5-3-12(4-6-13)7-8-19-15(22)10-14-11-24-17(20-14)21-9-1-2-16(21)23/h3-6,11H,1-2,7-10H2,(H,19,22). The number of carbonyl (C=O) groups is 2. The molecule has 1 saturated heterocycles. The number of aromatic nitrogens is 1. The molecule has 2 heterocycles. The molecule has 1 aliphatic heterocycles. The van der Waals surface area contributed by atoms with Crippen LogP contribution in [-0.4, -0.2) is 29.9 Å². The summed E-state index contributed by atoms with van der Waals surface area (Å²) in [6, 6.07) is 7.59. The highest BCUT2D eigenvalue weighted by Crippen LogP contribution is 2.25. The van der Waals surface area contributed by atoms with Gasteiger partial charge in [0.1, 0.15) is 0 Å². The molecular formula is C17H18ClN3O2S. The molecule has 1 N–H and O–H groups in total. The molecule has 7 heteroatoms. The first-order chi connectivity index (χ1) is 11.6. The van der Waals surface area contributed by atoms with Crippen LogP contribution in [-0.2, 0) is 22.4 Å². The van der Waals surface area contributed by atoms with Gasteiger partial charge in [-0.2, -0.15) is 0 Å². The fourth-order valence-corrected chi connectivity index (χ4v) is 3.57. The average Bonchev–Trinajstić information content (AvgIpc) is 3.18. The van der Waals surface area contributed by atoms with Gasteiger partial charge in [-0.3, -0.25) is 14.5 Å². The third-order valence-corrected chi connectivity index (χ3v) is 5.00. The maximum Gasteiger partial charge on any atom is 0.228 e. The van der Waals surface area contributed by atoms with Crippen molar-refractivity contribution in [1.82, 2.24) is 10.3 Å². The number of hydrogen-bond acceptors (Lipinski definition) is 4. The minimum Gasteiger partial charge on any atom is -0.355 e. The second-order valence-corrected chi connectivity index (χ2v) is 6.95. The summed E-state index contributed by atoms with van der Waals surface area (Å²) in [5.41, 5.74) is 1.84. The minimum atomic E-state index is -0.0615. The van der Waals surface area contributed by atoms with Crippen molar-refractivity contribution in [3.63, 3.8) is 0 Å². The van der Waals surface area contributed by atoms with Crippen LogP contribution in [0.15, 0.2) is 29.6 Å². The Kier molecular flexibility index (Phi) is 5.48. The summed E-state index contributed by atoms with van der Waals surface area (Å²) in [6.45, 7) is 1.29. The normalized spacial score (nSPS) is 14.2. The van der Waals surface area contributed by atoms with Crippen LogP contribution < -0.4 is 10.2 Å². The SMILES string of the molecule is O=C(Cc1csc(N2CCCC2=O)n1)NCCc1ccc(Cl)cc1. The lowest BCUT2D eigenvalue weighted by Crippen LogP contribution is -2.27. The van der Waals surface area contributed by atoms with E-state index in [-0.39, 0.29) is 18.2 Å². The van der Waals surface area contributed by atoms with E-state index in [0.717, 1.165) is 24.9 Å². The van der Waals surface area contributed by atoms with Gasteiger partial charge in [0.15, 0.2) is 5.13 Å². The molecule has 0 radical (unpaired) electrons. The number of hydrogen-bond donors (Lipinski definition) is 1. The Bertz CT molecular complexity index is 730. The first kappa shape index (κ1) is 16.9. The molecule has 0 saturated carbocycles. The Labute approximate surface area is 149 Å². The van der Waals surface area contributed by atoms with E-state index in [1.54, 1.807) is 4.90 Å². The predicted molar refractivity (Wildman–Crippen MR) is 95.6 cm³/mol. The van der Waals surface area contributed by atoms with Crippen molar-refractivity contribution < 1.29 is 9.59 Å². The molecule has 1 aromatic carbocycles. The molecule has 1 aromatic heterocycles. The van der Waals surface area contributed by atoms with E-state index < -0.39 is 0 Å². The molecule has 0 spiro atoms. The summed E-state index contributed by atoms with van der Waals surface area (Å²) in [7, 11) is 0. The highest BCUT2D eigenvalue weighted by molar-refractivity contribution is 7.14. The van der Waals surface area contributed by atoms with Gasteiger partial charge in [0.05, 0.1) is 12.1 Å². The number of amides is 2. The van der Waals surface area contributed by atoms with Crippen molar-refractivity contribution in [2.75, 3.05) is 18.0 Å². The lowest BCUT2D eigenvalue weighted by molar-refractivity contribution is -0.120. The minimum absolute atomic E-state index is 0.0615. The van der Waals surface area contributed by atoms with Crippen molar-refractivity contribution in [3.8, 4) is 0 Å². The molecule has 1 fully saturated rings. The van der Waals surface area contributed by atoms with Gasteiger partial charge in [-0.25, -0.2) is 4.98 Å². The number of nitrogens with one attached hydrogen (secondary N) is 1. The number of anilines is 1. The van der Waals surface area contributed by atoms with Gasteiger partial charge in [0.2, 0.25) is 11.8 Å². The third-order valence-electron chi connectivity index (χ3n) is 3.83. The smallest absolute Gasteiger partial charge is 0.228 e. The van der Waals surface area contributed by atoms with E-state index in [1.165, 1.54) is 11.3 Å². The third kappa shape index (κ3) is 4.33. The number of benzene rings is 1. The van der Waals surface area contributed by atoms with Crippen molar-refractivity contribution in [2.45, 2.75) is 25.7 Å². The van der Waals surface area contributed by atoms with Gasteiger partial charge < -0.3 is 5.32 Å². The van der Waals surface area contributed by atoms with Crippen molar-refractivity contribution in [1.29, 1.82) is 0 Å². The van der Waals surface area contributed by atoms with Crippen LogP contribution >= 0.6 is 22.9 Å². The van der Waals surface area contributed by atoms with Crippen LogP contribution in [0.1, 0.15) is 24.1 Å². The van der Waals surface area contributed by atoms with E-state index in [9.17, 15) is 9.59 Å². The summed E-state index contributed by atoms with van der Waals surface area (Å²) >= 11 is 7.26. The second-order valence-electron chi connectivity index (χ2n) is 5.67. The van der Waals surface area contributed by atoms with E-state index in [0.29, 0.717) is 28.8 Å². The zero-order chi connectivity index (χ0) is 16.9. The lowest BCUT2D eigenvalue weighted by atomic mass is 10.1. The molecule has 0 bridgehead atoms. The number of nitrogens with zero attached hydrogens (tertiary/aromatic N) is 2. The summed E-state index contributed by atoms with van der Waals surface area (Å²) in [4.78, 5) is 29.8. The van der Waals surface area contributed by atoms with Gasteiger partial charge in [-0.05, 0) is 30.5 Å². The van der Waals surface area contributed by atoms with Gasteiger partial charge in [0.25, 0.3) is 0 Å². The van der Waals surface area contributed by atoms with Gasteiger partial charge in [-0.15, -0.1) is 11.3 Å². The van der Waals surface area contributed by atoms with E-state index in [1.807, 2.05) is 29.6 Å². The molecule has 0 atom stereocenters. The Balaban J connectivity index is 1.46. The molecule has 1 aliphatic rings. The Morgan fingerprint density at radius 2 is 2.12 bits per heavy atom. The predicted octanol–water partition coefficient (Wildman–Crippen LogP) is 2.82. The van der Waals surface area contributed by atoms with E-state index in [2.05, 4.69) is 10.3 Å².